The number of amides is 1. The standard InChI is InChI=1S/C16H26N4O/c1-14(21)20(15-5-6-15)12-16-4-2-9-19(16)10-3-8-18-11-7-17-13-18/h7,11,13,15-16H,2-6,8-10,12H2,1H3/t16-/m1/s1. The Labute approximate surface area is 126 Å². The summed E-state index contributed by atoms with van der Waals surface area (Å²) < 4.78 is 2.14. The lowest BCUT2D eigenvalue weighted by Gasteiger charge is -2.30. The molecule has 1 aliphatic heterocycles. The third kappa shape index (κ3) is 3.84. The van der Waals surface area contributed by atoms with Crippen molar-refractivity contribution in [3.63, 3.8) is 0 Å². The zero-order valence-corrected chi connectivity index (χ0v) is 12.9. The Bertz CT molecular complexity index is 455. The summed E-state index contributed by atoms with van der Waals surface area (Å²) in [6.45, 7) is 5.99. The minimum absolute atomic E-state index is 0.253. The maximum Gasteiger partial charge on any atom is 0.219 e. The van der Waals surface area contributed by atoms with Gasteiger partial charge in [0.1, 0.15) is 0 Å². The fourth-order valence-corrected chi connectivity index (χ4v) is 3.42. The van der Waals surface area contributed by atoms with E-state index in [0.717, 1.165) is 26.1 Å². The van der Waals surface area contributed by atoms with Gasteiger partial charge in [-0.1, -0.05) is 0 Å². The number of hydrogen-bond acceptors (Lipinski definition) is 3. The number of hydrogen-bond donors (Lipinski definition) is 0. The molecule has 1 amide bonds. The molecule has 116 valence electrons. The molecule has 2 aliphatic rings. The summed E-state index contributed by atoms with van der Waals surface area (Å²) in [6.07, 6.45) is 11.8. The van der Waals surface area contributed by atoms with Crippen molar-refractivity contribution >= 4 is 5.91 Å². The summed E-state index contributed by atoms with van der Waals surface area (Å²) >= 11 is 0. The Hall–Kier alpha value is -1.36. The van der Waals surface area contributed by atoms with E-state index in [1.54, 1.807) is 6.92 Å². The molecule has 0 aromatic carbocycles. The van der Waals surface area contributed by atoms with Crippen LogP contribution in [-0.4, -0.2) is 57.0 Å². The van der Waals surface area contributed by atoms with Crippen molar-refractivity contribution in [2.45, 2.75) is 57.7 Å². The maximum absolute atomic E-state index is 11.8. The van der Waals surface area contributed by atoms with Gasteiger partial charge >= 0.3 is 0 Å². The van der Waals surface area contributed by atoms with Crippen LogP contribution in [-0.2, 0) is 11.3 Å². The number of aromatic nitrogens is 2. The van der Waals surface area contributed by atoms with Gasteiger partial charge in [0.25, 0.3) is 0 Å². The third-order valence-corrected chi connectivity index (χ3v) is 4.72. The summed E-state index contributed by atoms with van der Waals surface area (Å²) in [5.74, 6) is 0.253. The van der Waals surface area contributed by atoms with Crippen LogP contribution >= 0.6 is 0 Å². The SMILES string of the molecule is CC(=O)N(C[C@H]1CCCN1CCCn1ccnc1)C1CC1. The van der Waals surface area contributed by atoms with E-state index in [0.29, 0.717) is 12.1 Å². The Morgan fingerprint density at radius 2 is 2.19 bits per heavy atom. The first-order valence-electron chi connectivity index (χ1n) is 8.21. The Balaban J connectivity index is 1.46. The van der Waals surface area contributed by atoms with Gasteiger partial charge in [0.2, 0.25) is 5.91 Å². The molecule has 0 N–H and O–H groups in total. The van der Waals surface area contributed by atoms with E-state index in [1.807, 2.05) is 18.7 Å². The molecule has 2 fully saturated rings. The second-order valence-corrected chi connectivity index (χ2v) is 6.39. The van der Waals surface area contributed by atoms with E-state index in [9.17, 15) is 4.79 Å². The van der Waals surface area contributed by atoms with Crippen molar-refractivity contribution in [2.75, 3.05) is 19.6 Å². The third-order valence-electron chi connectivity index (χ3n) is 4.72. The number of carbonyl (C=O) groups excluding carboxylic acids is 1. The van der Waals surface area contributed by atoms with E-state index in [4.69, 9.17) is 0 Å². The lowest BCUT2D eigenvalue weighted by atomic mass is 10.2. The molecular weight excluding hydrogens is 264 g/mol. The molecule has 21 heavy (non-hydrogen) atoms. The zero-order valence-electron chi connectivity index (χ0n) is 12.9. The van der Waals surface area contributed by atoms with Crippen LogP contribution in [0.4, 0.5) is 0 Å². The summed E-state index contributed by atoms with van der Waals surface area (Å²) in [5.41, 5.74) is 0. The van der Waals surface area contributed by atoms with Crippen LogP contribution in [0.1, 0.15) is 39.0 Å². The predicted molar refractivity (Wildman–Crippen MR) is 81.8 cm³/mol. The fourth-order valence-electron chi connectivity index (χ4n) is 3.42. The molecule has 3 rings (SSSR count). The summed E-state index contributed by atoms with van der Waals surface area (Å²) in [5, 5.41) is 0. The average molecular weight is 290 g/mol. The number of likely N-dealkylation sites (tertiary alicyclic amines) is 1. The molecule has 1 saturated carbocycles. The van der Waals surface area contributed by atoms with Crippen LogP contribution in [0, 0.1) is 0 Å². The first-order chi connectivity index (χ1) is 10.2. The average Bonchev–Trinajstić information content (AvgIpc) is 2.99. The van der Waals surface area contributed by atoms with Crippen molar-refractivity contribution in [1.29, 1.82) is 0 Å². The molecule has 0 bridgehead atoms. The van der Waals surface area contributed by atoms with Gasteiger partial charge < -0.3 is 9.47 Å². The van der Waals surface area contributed by atoms with Gasteiger partial charge in [-0.15, -0.1) is 0 Å². The van der Waals surface area contributed by atoms with Gasteiger partial charge in [0, 0.05) is 51.0 Å². The molecule has 1 aromatic rings. The van der Waals surface area contributed by atoms with Crippen LogP contribution in [0.3, 0.4) is 0 Å². The highest BCUT2D eigenvalue weighted by Gasteiger charge is 2.34. The van der Waals surface area contributed by atoms with E-state index in [1.165, 1.54) is 32.2 Å². The highest BCUT2D eigenvalue weighted by molar-refractivity contribution is 5.74. The molecule has 5 nitrogen and oxygen atoms in total. The number of carbonyl (C=O) groups is 1. The first kappa shape index (κ1) is 14.6. The van der Waals surface area contributed by atoms with Gasteiger partial charge in [-0.2, -0.15) is 0 Å². The van der Waals surface area contributed by atoms with Crippen LogP contribution in [0.15, 0.2) is 18.7 Å². The fraction of sp³-hybridized carbons (Fsp3) is 0.750. The molecule has 1 saturated heterocycles. The van der Waals surface area contributed by atoms with Gasteiger partial charge in [-0.05, 0) is 38.6 Å². The molecule has 1 atom stereocenters. The van der Waals surface area contributed by atoms with Crippen molar-refractivity contribution in [3.05, 3.63) is 18.7 Å². The van der Waals surface area contributed by atoms with Crippen molar-refractivity contribution in [2.24, 2.45) is 0 Å². The minimum Gasteiger partial charge on any atom is -0.338 e. The highest BCUT2D eigenvalue weighted by atomic mass is 16.2. The Morgan fingerprint density at radius 3 is 2.86 bits per heavy atom. The predicted octanol–water partition coefficient (Wildman–Crippen LogP) is 1.75. The van der Waals surface area contributed by atoms with E-state index >= 15 is 0 Å². The number of rotatable bonds is 7. The Kier molecular flexibility index (Phi) is 4.58. The molecule has 0 unspecified atom stereocenters. The Morgan fingerprint density at radius 1 is 1.33 bits per heavy atom. The zero-order chi connectivity index (χ0) is 14.7. The van der Waals surface area contributed by atoms with Crippen molar-refractivity contribution < 1.29 is 4.79 Å². The van der Waals surface area contributed by atoms with E-state index in [2.05, 4.69) is 19.4 Å². The quantitative estimate of drug-likeness (QED) is 0.768. The highest BCUT2D eigenvalue weighted by Crippen LogP contribution is 2.29. The second kappa shape index (κ2) is 6.60. The van der Waals surface area contributed by atoms with Gasteiger partial charge in [-0.25, -0.2) is 4.98 Å². The van der Waals surface area contributed by atoms with Crippen LogP contribution in [0.5, 0.6) is 0 Å². The number of nitrogens with zero attached hydrogens (tertiary/aromatic N) is 4. The van der Waals surface area contributed by atoms with Gasteiger partial charge in [0.05, 0.1) is 6.33 Å². The second-order valence-electron chi connectivity index (χ2n) is 6.39. The van der Waals surface area contributed by atoms with Gasteiger partial charge in [0.15, 0.2) is 0 Å². The molecule has 2 heterocycles. The molecule has 0 radical (unpaired) electrons. The number of imidazole rings is 1. The minimum atomic E-state index is 0.253. The lowest BCUT2D eigenvalue weighted by molar-refractivity contribution is -0.130. The molecular formula is C16H26N4O. The smallest absolute Gasteiger partial charge is 0.219 e. The summed E-state index contributed by atoms with van der Waals surface area (Å²) in [7, 11) is 0. The largest absolute Gasteiger partial charge is 0.338 e. The monoisotopic (exact) mass is 290 g/mol. The number of aryl methyl sites for hydroxylation is 1. The first-order valence-corrected chi connectivity index (χ1v) is 8.21. The topological polar surface area (TPSA) is 41.4 Å². The van der Waals surface area contributed by atoms with Crippen molar-refractivity contribution in [3.8, 4) is 0 Å². The van der Waals surface area contributed by atoms with E-state index < -0.39 is 0 Å². The summed E-state index contributed by atoms with van der Waals surface area (Å²) in [6, 6.07) is 1.10. The lowest BCUT2D eigenvalue weighted by Crippen LogP contribution is -2.43. The molecule has 1 aliphatic carbocycles. The van der Waals surface area contributed by atoms with Crippen LogP contribution in [0.25, 0.3) is 0 Å². The van der Waals surface area contributed by atoms with Crippen LogP contribution in [0.2, 0.25) is 0 Å². The maximum atomic E-state index is 11.8. The molecule has 5 heteroatoms. The van der Waals surface area contributed by atoms with Crippen LogP contribution < -0.4 is 0 Å². The molecule has 0 spiro atoms. The normalized spacial score (nSPS) is 22.6. The van der Waals surface area contributed by atoms with E-state index in [-0.39, 0.29) is 5.91 Å². The van der Waals surface area contributed by atoms with Crippen molar-refractivity contribution in [1.82, 2.24) is 19.4 Å². The molecule has 1 aromatic heterocycles. The van der Waals surface area contributed by atoms with Gasteiger partial charge in [-0.3, -0.25) is 9.69 Å². The summed E-state index contributed by atoms with van der Waals surface area (Å²) in [4.78, 5) is 20.6.